The van der Waals surface area contributed by atoms with Crippen molar-refractivity contribution in [3.05, 3.63) is 50.9 Å². The Morgan fingerprint density at radius 2 is 2.00 bits per heavy atom. The van der Waals surface area contributed by atoms with E-state index in [0.29, 0.717) is 33.3 Å². The quantitative estimate of drug-likeness (QED) is 0.462. The maximum absolute atomic E-state index is 13.5. The summed E-state index contributed by atoms with van der Waals surface area (Å²) in [4.78, 5) is 39.1. The second kappa shape index (κ2) is 7.59. The molecule has 0 atom stereocenters. The fourth-order valence-electron chi connectivity index (χ4n) is 4.08. The second-order valence-corrected chi connectivity index (χ2v) is 9.55. The van der Waals surface area contributed by atoms with Crippen molar-refractivity contribution in [1.82, 2.24) is 14.5 Å². The van der Waals surface area contributed by atoms with Crippen LogP contribution in [0.1, 0.15) is 47.2 Å². The molecule has 1 aliphatic rings. The highest BCUT2D eigenvalue weighted by Crippen LogP contribution is 2.33. The van der Waals surface area contributed by atoms with Gasteiger partial charge in [0.15, 0.2) is 5.13 Å². The van der Waals surface area contributed by atoms with Gasteiger partial charge in [0.2, 0.25) is 0 Å². The molecule has 3 aromatic heterocycles. The number of nitrogens with zero attached hydrogens (tertiary/aromatic N) is 4. The van der Waals surface area contributed by atoms with Crippen molar-refractivity contribution >= 4 is 54.1 Å². The van der Waals surface area contributed by atoms with Gasteiger partial charge in [-0.05, 0) is 44.4 Å². The average molecular weight is 439 g/mol. The summed E-state index contributed by atoms with van der Waals surface area (Å²) in [7, 11) is 0. The smallest absolute Gasteiger partial charge is 0.270 e. The molecule has 154 valence electrons. The van der Waals surface area contributed by atoms with Crippen LogP contribution in [0, 0.1) is 6.92 Å². The van der Waals surface area contributed by atoms with Gasteiger partial charge in [0.1, 0.15) is 10.7 Å². The maximum Gasteiger partial charge on any atom is 0.270 e. The molecule has 4 heterocycles. The molecule has 0 saturated carbocycles. The molecule has 1 aliphatic heterocycles. The molecule has 0 aliphatic carbocycles. The molecule has 0 saturated heterocycles. The molecule has 0 spiro atoms. The number of fused-ring (bicyclic) bond motifs is 3. The van der Waals surface area contributed by atoms with Crippen LogP contribution in [-0.4, -0.2) is 27.0 Å². The van der Waals surface area contributed by atoms with Gasteiger partial charge >= 0.3 is 0 Å². The van der Waals surface area contributed by atoms with E-state index in [0.717, 1.165) is 47.3 Å². The number of anilines is 1. The summed E-state index contributed by atoms with van der Waals surface area (Å²) in [6.07, 6.45) is 3.98. The molecular formula is C22H22N4O2S2. The normalized spacial score (nSPS) is 14.1. The molecule has 6 nitrogen and oxygen atoms in total. The highest BCUT2D eigenvalue weighted by atomic mass is 32.1. The Balaban J connectivity index is 1.61. The zero-order chi connectivity index (χ0) is 20.8. The Bertz CT molecular complexity index is 1300. The van der Waals surface area contributed by atoms with Crippen molar-refractivity contribution in [3.8, 4) is 0 Å². The van der Waals surface area contributed by atoms with Gasteiger partial charge in [-0.25, -0.2) is 9.97 Å². The van der Waals surface area contributed by atoms with Gasteiger partial charge in [0.05, 0.1) is 20.5 Å². The van der Waals surface area contributed by atoms with Gasteiger partial charge in [-0.1, -0.05) is 29.9 Å². The zero-order valence-electron chi connectivity index (χ0n) is 17.0. The Kier molecular flexibility index (Phi) is 4.91. The largest absolute Gasteiger partial charge is 0.296 e. The minimum absolute atomic E-state index is 0.00673. The maximum atomic E-state index is 13.5. The van der Waals surface area contributed by atoms with Gasteiger partial charge in [-0.15, -0.1) is 11.3 Å². The third-order valence-electron chi connectivity index (χ3n) is 5.68. The molecule has 0 N–H and O–H groups in total. The third-order valence-corrected chi connectivity index (χ3v) is 7.91. The first-order valence-electron chi connectivity index (χ1n) is 10.3. The predicted octanol–water partition coefficient (Wildman–Crippen LogP) is 4.77. The summed E-state index contributed by atoms with van der Waals surface area (Å²) in [5.41, 5.74) is 1.62. The van der Waals surface area contributed by atoms with Crippen LogP contribution in [0.3, 0.4) is 0 Å². The Hall–Kier alpha value is -2.58. The number of aryl methyl sites for hydroxylation is 2. The Morgan fingerprint density at radius 3 is 2.80 bits per heavy atom. The van der Waals surface area contributed by atoms with Gasteiger partial charge in [-0.3, -0.25) is 19.1 Å². The van der Waals surface area contributed by atoms with E-state index < -0.39 is 0 Å². The minimum Gasteiger partial charge on any atom is -0.296 e. The second-order valence-electron chi connectivity index (χ2n) is 7.55. The standard InChI is InChI=1S/C22H22N4O2S2/c1-3-25(22-23-14-9-6-7-10-15(14)29-22)21(28)18-13(2)17-19(30-18)24-16-11-5-4-8-12-26(16)20(17)27/h6-7,9-10H,3-5,8,11-12H2,1-2H3. The van der Waals surface area contributed by atoms with E-state index in [1.165, 1.54) is 22.7 Å². The summed E-state index contributed by atoms with van der Waals surface area (Å²) in [6, 6.07) is 7.89. The summed E-state index contributed by atoms with van der Waals surface area (Å²) < 4.78 is 2.87. The number of aromatic nitrogens is 3. The molecular weight excluding hydrogens is 416 g/mol. The van der Waals surface area contributed by atoms with Gasteiger partial charge < -0.3 is 0 Å². The lowest BCUT2D eigenvalue weighted by Crippen LogP contribution is -2.30. The molecule has 30 heavy (non-hydrogen) atoms. The average Bonchev–Trinajstić information content (AvgIpc) is 3.21. The molecule has 5 rings (SSSR count). The number of carbonyl (C=O) groups excluding carboxylic acids is 1. The number of thiophene rings is 1. The Labute approximate surface area is 181 Å². The number of thiazole rings is 1. The molecule has 4 aromatic rings. The van der Waals surface area contributed by atoms with Crippen molar-refractivity contribution in [2.75, 3.05) is 11.4 Å². The van der Waals surface area contributed by atoms with Crippen LogP contribution in [0.5, 0.6) is 0 Å². The molecule has 1 amide bonds. The lowest BCUT2D eigenvalue weighted by atomic mass is 10.2. The van der Waals surface area contributed by atoms with E-state index in [2.05, 4.69) is 4.98 Å². The van der Waals surface area contributed by atoms with Crippen LogP contribution in [0.25, 0.3) is 20.4 Å². The van der Waals surface area contributed by atoms with Crippen LogP contribution in [0.2, 0.25) is 0 Å². The van der Waals surface area contributed by atoms with E-state index in [9.17, 15) is 9.59 Å². The summed E-state index contributed by atoms with van der Waals surface area (Å²) in [5, 5.41) is 1.27. The van der Waals surface area contributed by atoms with Crippen LogP contribution in [0.4, 0.5) is 5.13 Å². The van der Waals surface area contributed by atoms with Crippen LogP contribution in [0.15, 0.2) is 29.1 Å². The zero-order valence-corrected chi connectivity index (χ0v) is 18.6. The van der Waals surface area contributed by atoms with E-state index in [4.69, 9.17) is 4.98 Å². The number of hydrogen-bond acceptors (Lipinski definition) is 6. The molecule has 0 radical (unpaired) electrons. The van der Waals surface area contributed by atoms with Crippen LogP contribution >= 0.6 is 22.7 Å². The fourth-order valence-corrected chi connectivity index (χ4v) is 6.24. The molecule has 0 unspecified atom stereocenters. The number of carbonyl (C=O) groups is 1. The topological polar surface area (TPSA) is 68.1 Å². The SMILES string of the molecule is CCN(C(=O)c1sc2nc3n(c(=O)c2c1C)CCCCC3)c1nc2ccccc2s1. The van der Waals surface area contributed by atoms with E-state index >= 15 is 0 Å². The highest BCUT2D eigenvalue weighted by Gasteiger charge is 2.27. The van der Waals surface area contributed by atoms with E-state index in [1.54, 1.807) is 4.90 Å². The van der Waals surface area contributed by atoms with E-state index in [-0.39, 0.29) is 11.5 Å². The van der Waals surface area contributed by atoms with E-state index in [1.807, 2.05) is 42.7 Å². The number of rotatable bonds is 3. The number of benzene rings is 1. The van der Waals surface area contributed by atoms with Crippen LogP contribution in [-0.2, 0) is 13.0 Å². The van der Waals surface area contributed by atoms with Crippen molar-refractivity contribution < 1.29 is 4.79 Å². The lowest BCUT2D eigenvalue weighted by molar-refractivity contribution is 0.0991. The monoisotopic (exact) mass is 438 g/mol. The minimum atomic E-state index is -0.114. The molecule has 8 heteroatoms. The van der Waals surface area contributed by atoms with Gasteiger partial charge in [0.25, 0.3) is 11.5 Å². The fraction of sp³-hybridized carbons (Fsp3) is 0.364. The third kappa shape index (κ3) is 3.06. The Morgan fingerprint density at radius 1 is 1.17 bits per heavy atom. The van der Waals surface area contributed by atoms with Crippen molar-refractivity contribution in [2.45, 2.75) is 46.1 Å². The first kappa shape index (κ1) is 19.4. The summed E-state index contributed by atoms with van der Waals surface area (Å²) >= 11 is 2.84. The number of para-hydroxylation sites is 1. The predicted molar refractivity (Wildman–Crippen MR) is 123 cm³/mol. The van der Waals surface area contributed by atoms with Crippen LogP contribution < -0.4 is 10.5 Å². The summed E-state index contributed by atoms with van der Waals surface area (Å²) in [6.45, 7) is 5.03. The summed E-state index contributed by atoms with van der Waals surface area (Å²) in [5.74, 6) is 0.736. The van der Waals surface area contributed by atoms with Gasteiger partial charge in [-0.2, -0.15) is 0 Å². The number of hydrogen-bond donors (Lipinski definition) is 0. The molecule has 0 bridgehead atoms. The lowest BCUT2D eigenvalue weighted by Gasteiger charge is -2.17. The molecule has 1 aromatic carbocycles. The van der Waals surface area contributed by atoms with Crippen molar-refractivity contribution in [2.24, 2.45) is 0 Å². The highest BCUT2D eigenvalue weighted by molar-refractivity contribution is 7.23. The number of amides is 1. The first-order valence-corrected chi connectivity index (χ1v) is 11.9. The first-order chi connectivity index (χ1) is 14.6. The molecule has 0 fully saturated rings. The van der Waals surface area contributed by atoms with Crippen molar-refractivity contribution in [3.63, 3.8) is 0 Å². The van der Waals surface area contributed by atoms with Gasteiger partial charge in [0, 0.05) is 19.5 Å². The van der Waals surface area contributed by atoms with Crippen molar-refractivity contribution in [1.29, 1.82) is 0 Å².